The van der Waals surface area contributed by atoms with E-state index in [9.17, 15) is 18.5 Å². The van der Waals surface area contributed by atoms with Crippen molar-refractivity contribution in [2.75, 3.05) is 7.05 Å². The third-order valence-corrected chi connectivity index (χ3v) is 7.10. The van der Waals surface area contributed by atoms with Crippen molar-refractivity contribution in [2.45, 2.75) is 30.2 Å². The minimum atomic E-state index is -3.84. The van der Waals surface area contributed by atoms with Gasteiger partial charge in [0.2, 0.25) is 10.0 Å². The summed E-state index contributed by atoms with van der Waals surface area (Å²) in [6.45, 7) is 1.67. The van der Waals surface area contributed by atoms with Gasteiger partial charge in [0.25, 0.3) is 0 Å². The van der Waals surface area contributed by atoms with Gasteiger partial charge in [-0.2, -0.15) is 9.57 Å². The zero-order chi connectivity index (χ0) is 17.9. The molecular weight excluding hydrogens is 328 g/mol. The number of sulfonamides is 1. The Morgan fingerprint density at radius 2 is 1.83 bits per heavy atom. The van der Waals surface area contributed by atoms with Crippen molar-refractivity contribution in [1.29, 1.82) is 5.26 Å². The van der Waals surface area contributed by atoms with Crippen LogP contribution in [0.25, 0.3) is 11.0 Å². The summed E-state index contributed by atoms with van der Waals surface area (Å²) in [5, 5.41) is 9.53. The fourth-order valence-corrected chi connectivity index (χ4v) is 4.63. The molecular formula is C16H20N4O3S. The summed E-state index contributed by atoms with van der Waals surface area (Å²) in [5.41, 5.74) is -0.0692. The first-order valence-corrected chi connectivity index (χ1v) is 9.14. The highest BCUT2D eigenvalue weighted by Crippen LogP contribution is 2.44. The molecule has 1 aliphatic carbocycles. The molecule has 8 heteroatoms. The van der Waals surface area contributed by atoms with Crippen LogP contribution in [-0.4, -0.2) is 34.4 Å². The fourth-order valence-electron chi connectivity index (χ4n) is 3.12. The van der Waals surface area contributed by atoms with Crippen LogP contribution in [0.5, 0.6) is 0 Å². The number of aromatic nitrogens is 2. The fraction of sp³-hybridized carbons (Fsp3) is 0.500. The average molecular weight is 348 g/mol. The number of benzene rings is 1. The molecule has 0 aliphatic heterocycles. The number of nitriles is 1. The van der Waals surface area contributed by atoms with E-state index in [0.717, 1.165) is 12.8 Å². The highest BCUT2D eigenvalue weighted by atomic mass is 32.2. The van der Waals surface area contributed by atoms with Gasteiger partial charge in [-0.15, -0.1) is 0 Å². The second-order valence-electron chi connectivity index (χ2n) is 6.56. The van der Waals surface area contributed by atoms with Crippen LogP contribution in [0.1, 0.15) is 19.8 Å². The van der Waals surface area contributed by atoms with E-state index in [2.05, 4.69) is 6.07 Å². The molecule has 0 radical (unpaired) electrons. The van der Waals surface area contributed by atoms with Gasteiger partial charge < -0.3 is 0 Å². The van der Waals surface area contributed by atoms with Gasteiger partial charge in [0.05, 0.1) is 22.0 Å². The summed E-state index contributed by atoms with van der Waals surface area (Å²) < 4.78 is 30.0. The van der Waals surface area contributed by atoms with Gasteiger partial charge in [-0.05, 0) is 43.9 Å². The third kappa shape index (κ3) is 2.19. The number of nitrogens with zero attached hydrogens (tertiary/aromatic N) is 4. The number of aryl methyl sites for hydroxylation is 2. The molecule has 1 atom stereocenters. The van der Waals surface area contributed by atoms with Gasteiger partial charge in [-0.25, -0.2) is 13.2 Å². The summed E-state index contributed by atoms with van der Waals surface area (Å²) in [7, 11) is 0.859. The van der Waals surface area contributed by atoms with Gasteiger partial charge in [0.1, 0.15) is 5.54 Å². The quantitative estimate of drug-likeness (QED) is 0.830. The van der Waals surface area contributed by atoms with Crippen LogP contribution in [0.15, 0.2) is 27.9 Å². The Balaban J connectivity index is 2.14. The molecule has 2 aromatic rings. The lowest BCUT2D eigenvalue weighted by atomic mass is 9.99. The van der Waals surface area contributed by atoms with Crippen LogP contribution in [-0.2, 0) is 24.1 Å². The van der Waals surface area contributed by atoms with Crippen LogP contribution >= 0.6 is 0 Å². The zero-order valence-electron chi connectivity index (χ0n) is 14.1. The Kier molecular flexibility index (Phi) is 3.62. The number of fused-ring (bicyclic) bond motifs is 1. The summed E-state index contributed by atoms with van der Waals surface area (Å²) in [6, 6.07) is 6.77. The number of imidazole rings is 1. The molecule has 0 spiro atoms. The maximum Gasteiger partial charge on any atom is 0.328 e. The van der Waals surface area contributed by atoms with Crippen molar-refractivity contribution in [3.8, 4) is 6.07 Å². The molecule has 24 heavy (non-hydrogen) atoms. The van der Waals surface area contributed by atoms with Crippen molar-refractivity contribution < 1.29 is 8.42 Å². The minimum absolute atomic E-state index is 0.0621. The van der Waals surface area contributed by atoms with E-state index >= 15 is 0 Å². The van der Waals surface area contributed by atoms with Crippen molar-refractivity contribution >= 4 is 21.1 Å². The monoisotopic (exact) mass is 348 g/mol. The molecule has 1 saturated carbocycles. The van der Waals surface area contributed by atoms with E-state index in [1.54, 1.807) is 27.1 Å². The Hall–Kier alpha value is -2.11. The van der Waals surface area contributed by atoms with Gasteiger partial charge in [-0.3, -0.25) is 9.13 Å². The standard InChI is InChI=1S/C16H20N4O3S/c1-16(10-17,11-5-6-11)20(4)24(22,23)12-7-8-13-14(9-12)19(3)15(21)18(13)2/h7-9,11H,5-6H2,1-4H3. The molecule has 0 amide bonds. The van der Waals surface area contributed by atoms with Gasteiger partial charge >= 0.3 is 5.69 Å². The zero-order valence-corrected chi connectivity index (χ0v) is 15.0. The van der Waals surface area contributed by atoms with E-state index in [-0.39, 0.29) is 16.5 Å². The third-order valence-electron chi connectivity index (χ3n) is 5.15. The predicted molar refractivity (Wildman–Crippen MR) is 89.9 cm³/mol. The van der Waals surface area contributed by atoms with Gasteiger partial charge in [0.15, 0.2) is 0 Å². The lowest BCUT2D eigenvalue weighted by molar-refractivity contribution is 0.276. The van der Waals surface area contributed by atoms with Crippen molar-refractivity contribution in [3.05, 3.63) is 28.7 Å². The molecule has 1 aliphatic rings. The van der Waals surface area contributed by atoms with Crippen molar-refractivity contribution in [2.24, 2.45) is 20.0 Å². The molecule has 1 unspecified atom stereocenters. The van der Waals surface area contributed by atoms with E-state index in [4.69, 9.17) is 0 Å². The van der Waals surface area contributed by atoms with Crippen molar-refractivity contribution in [1.82, 2.24) is 13.4 Å². The first-order valence-electron chi connectivity index (χ1n) is 7.70. The molecule has 0 N–H and O–H groups in total. The van der Waals surface area contributed by atoms with Crippen LogP contribution in [0, 0.1) is 17.2 Å². The van der Waals surface area contributed by atoms with E-state index in [1.165, 1.54) is 32.6 Å². The maximum atomic E-state index is 13.0. The van der Waals surface area contributed by atoms with Crippen molar-refractivity contribution in [3.63, 3.8) is 0 Å². The van der Waals surface area contributed by atoms with E-state index < -0.39 is 15.6 Å². The Morgan fingerprint density at radius 1 is 1.25 bits per heavy atom. The van der Waals surface area contributed by atoms with Gasteiger partial charge in [0, 0.05) is 21.1 Å². The molecule has 1 aromatic heterocycles. The Labute approximate surface area is 140 Å². The molecule has 128 valence electrons. The first-order chi connectivity index (χ1) is 11.1. The number of hydrogen-bond donors (Lipinski definition) is 0. The second kappa shape index (κ2) is 5.19. The van der Waals surface area contributed by atoms with Crippen LogP contribution in [0.3, 0.4) is 0 Å². The molecule has 0 saturated heterocycles. The Morgan fingerprint density at radius 3 is 2.38 bits per heavy atom. The van der Waals surface area contributed by atoms with E-state index in [1.807, 2.05) is 0 Å². The lowest BCUT2D eigenvalue weighted by Gasteiger charge is -2.32. The molecule has 1 fully saturated rings. The summed E-state index contributed by atoms with van der Waals surface area (Å²) in [6.07, 6.45) is 1.71. The number of rotatable bonds is 4. The number of hydrogen-bond acceptors (Lipinski definition) is 4. The normalized spacial score (nSPS) is 17.8. The van der Waals surface area contributed by atoms with Gasteiger partial charge in [-0.1, -0.05) is 0 Å². The lowest BCUT2D eigenvalue weighted by Crippen LogP contribution is -2.47. The molecule has 3 rings (SSSR count). The molecule has 1 heterocycles. The molecule has 7 nitrogen and oxygen atoms in total. The summed E-state index contributed by atoms with van der Waals surface area (Å²) >= 11 is 0. The molecule has 1 aromatic carbocycles. The SMILES string of the molecule is CN(C(C)(C#N)C1CC1)S(=O)(=O)c1ccc2c(c1)n(C)c(=O)n2C. The highest BCUT2D eigenvalue weighted by molar-refractivity contribution is 7.89. The van der Waals surface area contributed by atoms with Crippen LogP contribution < -0.4 is 5.69 Å². The predicted octanol–water partition coefficient (Wildman–Crippen LogP) is 1.19. The maximum absolute atomic E-state index is 13.0. The summed E-state index contributed by atoms with van der Waals surface area (Å²) in [5.74, 6) is 0.0621. The first kappa shape index (κ1) is 16.7. The van der Waals surface area contributed by atoms with Crippen LogP contribution in [0.2, 0.25) is 0 Å². The van der Waals surface area contributed by atoms with E-state index in [0.29, 0.717) is 11.0 Å². The molecule has 0 bridgehead atoms. The topological polar surface area (TPSA) is 88.1 Å². The average Bonchev–Trinajstić information content (AvgIpc) is 3.40. The highest BCUT2D eigenvalue weighted by Gasteiger charge is 2.49. The van der Waals surface area contributed by atoms with Crippen LogP contribution in [0.4, 0.5) is 0 Å². The second-order valence-corrected chi connectivity index (χ2v) is 8.53. The largest absolute Gasteiger partial charge is 0.328 e. The summed E-state index contributed by atoms with van der Waals surface area (Å²) in [4.78, 5) is 12.1. The Bertz CT molecular complexity index is 1020. The minimum Gasteiger partial charge on any atom is -0.295 e. The smallest absolute Gasteiger partial charge is 0.295 e.